The maximum Gasteiger partial charge on any atom is 0.430 e. The summed E-state index contributed by atoms with van der Waals surface area (Å²) in [6, 6.07) is 0. The van der Waals surface area contributed by atoms with Crippen LogP contribution >= 0.6 is 0 Å². The first-order valence-electron chi connectivity index (χ1n) is 5.28. The number of aliphatic hydroxyl groups is 1. The molecule has 0 atom stereocenters. The highest BCUT2D eigenvalue weighted by atomic mass is 19.4. The van der Waals surface area contributed by atoms with Crippen molar-refractivity contribution >= 4 is 5.97 Å². The number of ether oxygens (including phenoxy) is 1. The van der Waals surface area contributed by atoms with Gasteiger partial charge in [0, 0.05) is 6.42 Å². The van der Waals surface area contributed by atoms with E-state index >= 15 is 0 Å². The molecule has 0 saturated heterocycles. The molecule has 3 nitrogen and oxygen atoms in total. The second-order valence-electron chi connectivity index (χ2n) is 4.44. The predicted molar refractivity (Wildman–Crippen MR) is 52.1 cm³/mol. The molecule has 9 heteroatoms. The van der Waals surface area contributed by atoms with Crippen LogP contribution in [0.2, 0.25) is 0 Å². The highest BCUT2D eigenvalue weighted by molar-refractivity contribution is 5.70. The van der Waals surface area contributed by atoms with Crippen molar-refractivity contribution in [1.29, 1.82) is 0 Å². The average Bonchev–Trinajstić information content (AvgIpc) is 2.11. The minimum absolute atomic E-state index is 0.186. The van der Waals surface area contributed by atoms with E-state index in [4.69, 9.17) is 5.11 Å². The van der Waals surface area contributed by atoms with Gasteiger partial charge in [-0.3, -0.25) is 4.79 Å². The topological polar surface area (TPSA) is 46.5 Å². The molecule has 0 unspecified atom stereocenters. The van der Waals surface area contributed by atoms with E-state index in [-0.39, 0.29) is 12.8 Å². The predicted octanol–water partition coefficient (Wildman–Crippen LogP) is 2.96. The average molecular weight is 296 g/mol. The van der Waals surface area contributed by atoms with E-state index in [1.54, 1.807) is 0 Å². The zero-order chi connectivity index (χ0) is 15.7. The number of hydrogen-bond donors (Lipinski definition) is 1. The third-order valence-corrected chi connectivity index (χ3v) is 2.51. The standard InChI is InChI=1S/C10H14F6O3/c1-4-5-6(17)19-7(2,3)8(18,9(11,12)13)10(14,15)16/h18H,4-5H2,1-3H3. The van der Waals surface area contributed by atoms with Gasteiger partial charge in [-0.2, -0.15) is 26.3 Å². The van der Waals surface area contributed by atoms with Gasteiger partial charge in [0.1, 0.15) is 0 Å². The summed E-state index contributed by atoms with van der Waals surface area (Å²) in [5.74, 6) is -1.25. The van der Waals surface area contributed by atoms with Crippen LogP contribution in [0.4, 0.5) is 26.3 Å². The van der Waals surface area contributed by atoms with Crippen molar-refractivity contribution in [3.63, 3.8) is 0 Å². The number of alkyl halides is 6. The van der Waals surface area contributed by atoms with Gasteiger partial charge in [0.15, 0.2) is 5.60 Å². The van der Waals surface area contributed by atoms with Crippen LogP contribution in [0.15, 0.2) is 0 Å². The molecule has 1 N–H and O–H groups in total. The Morgan fingerprint density at radius 3 is 1.68 bits per heavy atom. The molecule has 0 heterocycles. The molecule has 0 aliphatic rings. The summed E-state index contributed by atoms with van der Waals surface area (Å²) >= 11 is 0. The molecule has 0 rings (SSSR count). The van der Waals surface area contributed by atoms with E-state index in [0.717, 1.165) is 0 Å². The number of halogens is 6. The van der Waals surface area contributed by atoms with Crippen LogP contribution in [0.1, 0.15) is 33.6 Å². The van der Waals surface area contributed by atoms with Gasteiger partial charge < -0.3 is 9.84 Å². The van der Waals surface area contributed by atoms with E-state index in [1.165, 1.54) is 6.92 Å². The first-order chi connectivity index (χ1) is 8.20. The SMILES string of the molecule is CCCC(=O)OC(C)(C)C(O)(C(F)(F)F)C(F)(F)F. The quantitative estimate of drug-likeness (QED) is 0.641. The second kappa shape index (κ2) is 5.18. The summed E-state index contributed by atoms with van der Waals surface area (Å²) in [6.07, 6.45) is -12.2. The Hall–Kier alpha value is -0.990. The van der Waals surface area contributed by atoms with Gasteiger partial charge >= 0.3 is 18.3 Å². The maximum atomic E-state index is 12.6. The van der Waals surface area contributed by atoms with Crippen LogP contribution < -0.4 is 0 Å². The van der Waals surface area contributed by atoms with Gasteiger partial charge in [0.2, 0.25) is 0 Å². The van der Waals surface area contributed by atoms with E-state index < -0.39 is 29.5 Å². The summed E-state index contributed by atoms with van der Waals surface area (Å²) in [7, 11) is 0. The molecule has 0 fully saturated rings. The lowest BCUT2D eigenvalue weighted by Gasteiger charge is -2.43. The smallest absolute Gasteiger partial charge is 0.430 e. The Kier molecular flexibility index (Phi) is 4.91. The van der Waals surface area contributed by atoms with Crippen LogP contribution in [0, 0.1) is 0 Å². The Morgan fingerprint density at radius 2 is 1.42 bits per heavy atom. The number of carbonyl (C=O) groups excluding carboxylic acids is 1. The number of rotatable bonds is 4. The van der Waals surface area contributed by atoms with Gasteiger partial charge in [-0.25, -0.2) is 0 Å². The molecule has 0 aromatic heterocycles. The summed E-state index contributed by atoms with van der Waals surface area (Å²) in [5, 5.41) is 9.10. The van der Waals surface area contributed by atoms with Crippen LogP contribution in [0.5, 0.6) is 0 Å². The van der Waals surface area contributed by atoms with Crippen LogP contribution in [-0.4, -0.2) is 34.6 Å². The maximum absolute atomic E-state index is 12.6. The van der Waals surface area contributed by atoms with Crippen LogP contribution in [0.25, 0.3) is 0 Å². The molecule has 0 aromatic carbocycles. The number of carbonyl (C=O) groups is 1. The fraction of sp³-hybridized carbons (Fsp3) is 0.900. The van der Waals surface area contributed by atoms with Crippen LogP contribution in [-0.2, 0) is 9.53 Å². The molecule has 0 aromatic rings. The Bertz CT molecular complexity index is 317. The fourth-order valence-corrected chi connectivity index (χ4v) is 1.46. The molecular weight excluding hydrogens is 282 g/mol. The molecular formula is C10H14F6O3. The van der Waals surface area contributed by atoms with E-state index in [1.807, 2.05) is 0 Å². The minimum Gasteiger partial charge on any atom is -0.456 e. The van der Waals surface area contributed by atoms with Gasteiger partial charge in [0.25, 0.3) is 5.60 Å². The zero-order valence-electron chi connectivity index (χ0n) is 10.4. The highest BCUT2D eigenvalue weighted by Crippen LogP contribution is 2.50. The molecule has 0 saturated carbocycles. The summed E-state index contributed by atoms with van der Waals surface area (Å²) < 4.78 is 79.6. The Morgan fingerprint density at radius 1 is 1.05 bits per heavy atom. The Balaban J connectivity index is 5.57. The molecule has 0 aliphatic carbocycles. The molecule has 0 bridgehead atoms. The Labute approximate surface area is 105 Å². The lowest BCUT2D eigenvalue weighted by molar-refractivity contribution is -0.407. The molecule has 0 amide bonds. The minimum atomic E-state index is -6.04. The van der Waals surface area contributed by atoms with E-state index in [9.17, 15) is 31.1 Å². The highest BCUT2D eigenvalue weighted by Gasteiger charge is 2.78. The summed E-state index contributed by atoms with van der Waals surface area (Å²) in [4.78, 5) is 11.1. The van der Waals surface area contributed by atoms with Gasteiger partial charge in [-0.05, 0) is 20.3 Å². The van der Waals surface area contributed by atoms with Crippen molar-refractivity contribution < 1.29 is 41.0 Å². The lowest BCUT2D eigenvalue weighted by Crippen LogP contribution is -2.69. The lowest BCUT2D eigenvalue weighted by atomic mass is 9.84. The van der Waals surface area contributed by atoms with Gasteiger partial charge in [-0.1, -0.05) is 6.92 Å². The first kappa shape index (κ1) is 18.0. The molecule has 19 heavy (non-hydrogen) atoms. The monoisotopic (exact) mass is 296 g/mol. The molecule has 0 aliphatic heterocycles. The third kappa shape index (κ3) is 3.31. The van der Waals surface area contributed by atoms with Crippen molar-refractivity contribution in [2.24, 2.45) is 0 Å². The van der Waals surface area contributed by atoms with E-state index in [0.29, 0.717) is 13.8 Å². The largest absolute Gasteiger partial charge is 0.456 e. The molecule has 0 radical (unpaired) electrons. The second-order valence-corrected chi connectivity index (χ2v) is 4.44. The molecule has 0 spiro atoms. The normalized spacial score (nSPS) is 14.4. The fourth-order valence-electron chi connectivity index (χ4n) is 1.46. The van der Waals surface area contributed by atoms with Gasteiger partial charge in [0.05, 0.1) is 0 Å². The van der Waals surface area contributed by atoms with Crippen molar-refractivity contribution in [2.45, 2.75) is 57.2 Å². The molecule has 114 valence electrons. The van der Waals surface area contributed by atoms with Crippen molar-refractivity contribution in [3.05, 3.63) is 0 Å². The van der Waals surface area contributed by atoms with Crippen molar-refractivity contribution in [3.8, 4) is 0 Å². The zero-order valence-corrected chi connectivity index (χ0v) is 10.4. The first-order valence-corrected chi connectivity index (χ1v) is 5.28. The third-order valence-electron chi connectivity index (χ3n) is 2.51. The van der Waals surface area contributed by atoms with Crippen LogP contribution in [0.3, 0.4) is 0 Å². The number of esters is 1. The summed E-state index contributed by atoms with van der Waals surface area (Å²) in [5.41, 5.74) is -8.34. The number of hydrogen-bond acceptors (Lipinski definition) is 3. The van der Waals surface area contributed by atoms with Gasteiger partial charge in [-0.15, -0.1) is 0 Å². The van der Waals surface area contributed by atoms with Crippen molar-refractivity contribution in [1.82, 2.24) is 0 Å². The summed E-state index contributed by atoms with van der Waals surface area (Å²) in [6.45, 7) is 2.22. The van der Waals surface area contributed by atoms with E-state index in [2.05, 4.69) is 4.74 Å². The van der Waals surface area contributed by atoms with Crippen molar-refractivity contribution in [2.75, 3.05) is 0 Å².